The van der Waals surface area contributed by atoms with Crippen LogP contribution in [0.3, 0.4) is 0 Å². The number of benzene rings is 3. The van der Waals surface area contributed by atoms with Crippen LogP contribution in [0.5, 0.6) is 5.75 Å². The van der Waals surface area contributed by atoms with Gasteiger partial charge in [-0.25, -0.2) is 4.98 Å². The molecule has 7 nitrogen and oxygen atoms in total. The second kappa shape index (κ2) is 9.95. The smallest absolute Gasteiger partial charge is 0.253 e. The number of carbonyl (C=O) groups excluding carboxylic acids is 2. The van der Waals surface area contributed by atoms with Crippen LogP contribution in [0.2, 0.25) is 0 Å². The van der Waals surface area contributed by atoms with Crippen molar-refractivity contribution < 1.29 is 14.3 Å². The van der Waals surface area contributed by atoms with Crippen molar-refractivity contribution in [3.8, 4) is 16.9 Å². The molecule has 1 aliphatic carbocycles. The van der Waals surface area contributed by atoms with E-state index in [1.807, 2.05) is 42.5 Å². The van der Waals surface area contributed by atoms with Crippen molar-refractivity contribution in [2.75, 3.05) is 12.4 Å². The van der Waals surface area contributed by atoms with Gasteiger partial charge in [-0.1, -0.05) is 36.5 Å². The van der Waals surface area contributed by atoms with E-state index in [-0.39, 0.29) is 17.7 Å². The molecule has 1 fully saturated rings. The first-order chi connectivity index (χ1) is 18.5. The average Bonchev–Trinajstić information content (AvgIpc) is 3.59. The Bertz CT molecular complexity index is 1660. The minimum Gasteiger partial charge on any atom is -0.497 e. The van der Waals surface area contributed by atoms with Crippen LogP contribution in [0.25, 0.3) is 32.2 Å². The van der Waals surface area contributed by atoms with Gasteiger partial charge in [-0.15, -0.1) is 0 Å². The van der Waals surface area contributed by atoms with Crippen LogP contribution in [0.4, 0.5) is 5.13 Å². The maximum Gasteiger partial charge on any atom is 0.253 e. The van der Waals surface area contributed by atoms with Gasteiger partial charge < -0.3 is 20.4 Å². The van der Waals surface area contributed by atoms with Crippen molar-refractivity contribution in [3.63, 3.8) is 0 Å². The number of methoxy groups -OCH3 is 1. The molecule has 1 saturated carbocycles. The van der Waals surface area contributed by atoms with Crippen molar-refractivity contribution in [1.29, 1.82) is 0 Å². The third-order valence-corrected chi connectivity index (χ3v) is 7.88. The van der Waals surface area contributed by atoms with Crippen LogP contribution in [0.15, 0.2) is 60.8 Å². The highest BCUT2D eigenvalue weighted by Gasteiger charge is 2.30. The summed E-state index contributed by atoms with van der Waals surface area (Å²) in [5.41, 5.74) is 6.56. The Morgan fingerprint density at radius 3 is 2.63 bits per heavy atom. The highest BCUT2D eigenvalue weighted by Crippen LogP contribution is 2.34. The molecule has 0 atom stereocenters. The molecular weight excluding hydrogens is 496 g/mol. The standard InChI is InChI=1S/C30H28N4O3S/c1-3-17-10-18(12-22(11-17)37-2)15-32-29(36)24-16-31-25-8-6-20(13-23(24)25)21-7-9-26-27(14-21)38-30(33-26)34-28(35)19-4-5-19/h6-14,16,19,31H,3-5,15H2,1-2H3,(H,32,36)(H,33,34,35). The second-order valence-electron chi connectivity index (χ2n) is 9.65. The highest BCUT2D eigenvalue weighted by molar-refractivity contribution is 7.22. The van der Waals surface area contributed by atoms with Crippen LogP contribution < -0.4 is 15.4 Å². The number of hydrogen-bond donors (Lipinski definition) is 3. The van der Waals surface area contributed by atoms with Crippen LogP contribution in [0.1, 0.15) is 41.3 Å². The van der Waals surface area contributed by atoms with E-state index in [0.717, 1.165) is 62.8 Å². The molecule has 0 spiro atoms. The van der Waals surface area contributed by atoms with Gasteiger partial charge in [0.05, 0.1) is 22.9 Å². The number of aromatic nitrogens is 2. The van der Waals surface area contributed by atoms with Gasteiger partial charge in [0, 0.05) is 29.6 Å². The second-order valence-corrected chi connectivity index (χ2v) is 10.7. The van der Waals surface area contributed by atoms with Gasteiger partial charge in [-0.2, -0.15) is 0 Å². The maximum absolute atomic E-state index is 13.2. The summed E-state index contributed by atoms with van der Waals surface area (Å²) < 4.78 is 6.41. The lowest BCUT2D eigenvalue weighted by Crippen LogP contribution is -2.22. The molecule has 0 radical (unpaired) electrons. The molecule has 0 unspecified atom stereocenters. The molecular formula is C30H28N4O3S. The molecule has 3 N–H and O–H groups in total. The van der Waals surface area contributed by atoms with Crippen molar-refractivity contribution in [2.45, 2.75) is 32.7 Å². The van der Waals surface area contributed by atoms with Crippen molar-refractivity contribution >= 4 is 49.4 Å². The van der Waals surface area contributed by atoms with Crippen LogP contribution in [-0.4, -0.2) is 28.9 Å². The fraction of sp³-hybridized carbons (Fsp3) is 0.233. The number of hydrogen-bond acceptors (Lipinski definition) is 5. The van der Waals surface area contributed by atoms with E-state index >= 15 is 0 Å². The summed E-state index contributed by atoms with van der Waals surface area (Å²) in [4.78, 5) is 33.1. The molecule has 0 saturated heterocycles. The zero-order valence-electron chi connectivity index (χ0n) is 21.3. The summed E-state index contributed by atoms with van der Waals surface area (Å²) in [5, 5.41) is 7.50. The number of nitrogens with zero attached hydrogens (tertiary/aromatic N) is 1. The number of aromatic amines is 1. The molecule has 192 valence electrons. The molecule has 1 aliphatic rings. The first-order valence-corrected chi connectivity index (χ1v) is 13.6. The van der Waals surface area contributed by atoms with Gasteiger partial charge >= 0.3 is 0 Å². The van der Waals surface area contributed by atoms with E-state index in [0.29, 0.717) is 17.2 Å². The van der Waals surface area contributed by atoms with E-state index in [9.17, 15) is 9.59 Å². The maximum atomic E-state index is 13.2. The van der Waals surface area contributed by atoms with Gasteiger partial charge in [0.15, 0.2) is 5.13 Å². The Morgan fingerprint density at radius 1 is 1.05 bits per heavy atom. The fourth-order valence-corrected chi connectivity index (χ4v) is 5.54. The van der Waals surface area contributed by atoms with Crippen molar-refractivity contribution in [3.05, 3.63) is 77.5 Å². The predicted octanol–water partition coefficient (Wildman–Crippen LogP) is 6.29. The van der Waals surface area contributed by atoms with Gasteiger partial charge in [0.2, 0.25) is 5.91 Å². The summed E-state index contributed by atoms with van der Waals surface area (Å²) in [6.45, 7) is 2.51. The third-order valence-electron chi connectivity index (χ3n) is 6.95. The minimum atomic E-state index is -0.136. The number of aryl methyl sites for hydroxylation is 1. The minimum absolute atomic E-state index is 0.0604. The molecule has 3 aromatic carbocycles. The lowest BCUT2D eigenvalue weighted by molar-refractivity contribution is -0.117. The van der Waals surface area contributed by atoms with Crippen molar-refractivity contribution in [1.82, 2.24) is 15.3 Å². The lowest BCUT2D eigenvalue weighted by atomic mass is 10.0. The van der Waals surface area contributed by atoms with E-state index in [4.69, 9.17) is 4.74 Å². The number of anilines is 1. The van der Waals surface area contributed by atoms with Crippen LogP contribution in [-0.2, 0) is 17.8 Å². The number of amides is 2. The third kappa shape index (κ3) is 4.87. The van der Waals surface area contributed by atoms with Gasteiger partial charge in [-0.3, -0.25) is 9.59 Å². The Hall–Kier alpha value is -4.17. The number of carbonyl (C=O) groups is 2. The van der Waals surface area contributed by atoms with E-state index in [1.165, 1.54) is 16.9 Å². The average molecular weight is 525 g/mol. The number of nitrogens with one attached hydrogen (secondary N) is 3. The summed E-state index contributed by atoms with van der Waals surface area (Å²) >= 11 is 1.48. The number of ether oxygens (including phenoxy) is 1. The van der Waals surface area contributed by atoms with Crippen molar-refractivity contribution in [2.24, 2.45) is 5.92 Å². The molecule has 2 amide bonds. The van der Waals surface area contributed by atoms with Gasteiger partial charge in [-0.05, 0) is 77.9 Å². The highest BCUT2D eigenvalue weighted by atomic mass is 32.1. The number of fused-ring (bicyclic) bond motifs is 2. The zero-order valence-corrected chi connectivity index (χ0v) is 22.1. The molecule has 6 rings (SSSR count). The van der Waals surface area contributed by atoms with E-state index < -0.39 is 0 Å². The summed E-state index contributed by atoms with van der Waals surface area (Å²) in [6, 6.07) is 18.2. The summed E-state index contributed by atoms with van der Waals surface area (Å²) in [5.74, 6) is 0.857. The quantitative estimate of drug-likeness (QED) is 0.222. The summed E-state index contributed by atoms with van der Waals surface area (Å²) in [6.07, 6.45) is 4.58. The normalized spacial score (nSPS) is 13.1. The molecule has 8 heteroatoms. The largest absolute Gasteiger partial charge is 0.497 e. The SMILES string of the molecule is CCc1cc(CNC(=O)c2c[nH]c3ccc(-c4ccc5nc(NC(=O)C6CC6)sc5c4)cc23)cc(OC)c1. The fourth-order valence-electron chi connectivity index (χ4n) is 4.63. The molecule has 0 bridgehead atoms. The monoisotopic (exact) mass is 524 g/mol. The topological polar surface area (TPSA) is 96.1 Å². The Labute approximate surface area is 224 Å². The van der Waals surface area contributed by atoms with Crippen LogP contribution in [0, 0.1) is 5.92 Å². The Kier molecular flexibility index (Phi) is 6.33. The molecule has 2 heterocycles. The summed E-state index contributed by atoms with van der Waals surface area (Å²) in [7, 11) is 1.65. The Morgan fingerprint density at radius 2 is 1.84 bits per heavy atom. The van der Waals surface area contributed by atoms with E-state index in [1.54, 1.807) is 13.3 Å². The lowest BCUT2D eigenvalue weighted by Gasteiger charge is -2.09. The first-order valence-electron chi connectivity index (χ1n) is 12.8. The number of H-pyrrole nitrogens is 1. The molecule has 0 aliphatic heterocycles. The number of thiazole rings is 1. The van der Waals surface area contributed by atoms with Crippen LogP contribution >= 0.6 is 11.3 Å². The zero-order chi connectivity index (χ0) is 26.2. The Balaban J connectivity index is 1.23. The number of rotatable bonds is 8. The first kappa shape index (κ1) is 24.2. The predicted molar refractivity (Wildman–Crippen MR) is 152 cm³/mol. The molecule has 38 heavy (non-hydrogen) atoms. The molecule has 5 aromatic rings. The van der Waals surface area contributed by atoms with Gasteiger partial charge in [0.1, 0.15) is 5.75 Å². The van der Waals surface area contributed by atoms with E-state index in [2.05, 4.69) is 39.7 Å². The molecule has 2 aromatic heterocycles. The van der Waals surface area contributed by atoms with Gasteiger partial charge in [0.25, 0.3) is 5.91 Å².